The lowest BCUT2D eigenvalue weighted by Gasteiger charge is -2.16. The van der Waals surface area contributed by atoms with E-state index in [-0.39, 0.29) is 5.91 Å². The fraction of sp³-hybridized carbons (Fsp3) is 0.389. The largest absolute Gasteiger partial charge is 0.340 e. The zero-order valence-corrected chi connectivity index (χ0v) is 14.7. The first-order chi connectivity index (χ1) is 10.6. The van der Waals surface area contributed by atoms with E-state index in [0.717, 1.165) is 0 Å². The van der Waals surface area contributed by atoms with Gasteiger partial charge in [0.05, 0.1) is 12.3 Å². The van der Waals surface area contributed by atoms with Gasteiger partial charge in [0.2, 0.25) is 5.91 Å². The fourth-order valence-electron chi connectivity index (χ4n) is 2.76. The standard InChI is InChI=1S/C18H21NOS2/c1-13-8-9-21-17(13)11-19(2)18(20)12-22-16-7-6-14-4-3-5-15(14)10-16/h6-10H,3-5,11-12H2,1-2H3. The van der Waals surface area contributed by atoms with Gasteiger partial charge in [-0.3, -0.25) is 4.79 Å². The number of thioether (sulfide) groups is 1. The zero-order valence-electron chi connectivity index (χ0n) is 13.1. The van der Waals surface area contributed by atoms with Crippen molar-refractivity contribution in [3.05, 3.63) is 51.2 Å². The summed E-state index contributed by atoms with van der Waals surface area (Å²) < 4.78 is 0. The van der Waals surface area contributed by atoms with Gasteiger partial charge in [-0.1, -0.05) is 6.07 Å². The molecule has 0 bridgehead atoms. The Labute approximate surface area is 140 Å². The zero-order chi connectivity index (χ0) is 15.5. The predicted octanol–water partition coefficient (Wildman–Crippen LogP) is 4.30. The summed E-state index contributed by atoms with van der Waals surface area (Å²) in [7, 11) is 1.89. The first-order valence-corrected chi connectivity index (χ1v) is 9.51. The molecule has 1 aliphatic carbocycles. The van der Waals surface area contributed by atoms with Crippen molar-refractivity contribution in [2.45, 2.75) is 37.6 Å². The number of amides is 1. The van der Waals surface area contributed by atoms with E-state index in [0.29, 0.717) is 12.3 Å². The number of thiophene rings is 1. The molecular weight excluding hydrogens is 310 g/mol. The molecule has 3 rings (SSSR count). The van der Waals surface area contributed by atoms with Crippen LogP contribution in [0.3, 0.4) is 0 Å². The van der Waals surface area contributed by atoms with Crippen LogP contribution >= 0.6 is 23.1 Å². The van der Waals surface area contributed by atoms with Crippen LogP contribution in [0.2, 0.25) is 0 Å². The van der Waals surface area contributed by atoms with Crippen molar-refractivity contribution >= 4 is 29.0 Å². The highest BCUT2D eigenvalue weighted by molar-refractivity contribution is 8.00. The first-order valence-electron chi connectivity index (χ1n) is 7.65. The highest BCUT2D eigenvalue weighted by Crippen LogP contribution is 2.27. The molecule has 0 radical (unpaired) electrons. The second-order valence-electron chi connectivity index (χ2n) is 5.85. The van der Waals surface area contributed by atoms with Gasteiger partial charge in [0.1, 0.15) is 0 Å². The van der Waals surface area contributed by atoms with Crippen molar-refractivity contribution in [2.24, 2.45) is 0 Å². The summed E-state index contributed by atoms with van der Waals surface area (Å²) in [4.78, 5) is 16.6. The number of fused-ring (bicyclic) bond motifs is 1. The van der Waals surface area contributed by atoms with Gasteiger partial charge in [0, 0.05) is 16.8 Å². The number of nitrogens with zero attached hydrogens (tertiary/aromatic N) is 1. The van der Waals surface area contributed by atoms with Gasteiger partial charge >= 0.3 is 0 Å². The van der Waals surface area contributed by atoms with E-state index in [9.17, 15) is 4.79 Å². The molecule has 0 fully saturated rings. The van der Waals surface area contributed by atoms with Crippen molar-refractivity contribution in [2.75, 3.05) is 12.8 Å². The van der Waals surface area contributed by atoms with Crippen LogP contribution in [0, 0.1) is 6.92 Å². The second kappa shape index (κ2) is 6.88. The molecule has 0 aliphatic heterocycles. The Kier molecular flexibility index (Phi) is 4.89. The molecule has 1 amide bonds. The molecule has 2 nitrogen and oxygen atoms in total. The van der Waals surface area contributed by atoms with Gasteiger partial charge in [0.25, 0.3) is 0 Å². The molecule has 22 heavy (non-hydrogen) atoms. The second-order valence-corrected chi connectivity index (χ2v) is 7.90. The molecule has 0 atom stereocenters. The van der Waals surface area contributed by atoms with Gasteiger partial charge in [-0.05, 0) is 66.5 Å². The van der Waals surface area contributed by atoms with E-state index in [1.165, 1.54) is 45.7 Å². The molecule has 0 spiro atoms. The maximum absolute atomic E-state index is 12.3. The first kappa shape index (κ1) is 15.6. The van der Waals surface area contributed by atoms with Crippen molar-refractivity contribution in [3.8, 4) is 0 Å². The number of benzene rings is 1. The molecule has 4 heteroatoms. The molecule has 1 aromatic heterocycles. The number of hydrogen-bond donors (Lipinski definition) is 0. The van der Waals surface area contributed by atoms with Crippen LogP contribution in [0.4, 0.5) is 0 Å². The summed E-state index contributed by atoms with van der Waals surface area (Å²) in [5.74, 6) is 0.706. The minimum Gasteiger partial charge on any atom is -0.340 e. The number of aryl methyl sites for hydroxylation is 3. The van der Waals surface area contributed by atoms with Gasteiger partial charge in [-0.2, -0.15) is 0 Å². The molecular formula is C18H21NOS2. The lowest BCUT2D eigenvalue weighted by Crippen LogP contribution is -2.27. The number of rotatable bonds is 5. The summed E-state index contributed by atoms with van der Waals surface area (Å²) in [6.07, 6.45) is 3.67. The molecule has 0 unspecified atom stereocenters. The minimum absolute atomic E-state index is 0.193. The average molecular weight is 332 g/mol. The van der Waals surface area contributed by atoms with Crippen LogP contribution in [0.15, 0.2) is 34.5 Å². The van der Waals surface area contributed by atoms with Crippen LogP contribution < -0.4 is 0 Å². The molecule has 1 heterocycles. The molecule has 2 aromatic rings. The van der Waals surface area contributed by atoms with Crippen molar-refractivity contribution in [3.63, 3.8) is 0 Å². The summed E-state index contributed by atoms with van der Waals surface area (Å²) >= 11 is 3.37. The monoisotopic (exact) mass is 331 g/mol. The SMILES string of the molecule is Cc1ccsc1CN(C)C(=O)CSc1ccc2c(c1)CCC2. The number of hydrogen-bond acceptors (Lipinski definition) is 3. The van der Waals surface area contributed by atoms with E-state index in [2.05, 4.69) is 36.6 Å². The van der Waals surface area contributed by atoms with E-state index in [1.54, 1.807) is 23.1 Å². The van der Waals surface area contributed by atoms with Crippen LogP contribution in [0.25, 0.3) is 0 Å². The lowest BCUT2D eigenvalue weighted by molar-refractivity contribution is -0.127. The Morgan fingerprint density at radius 3 is 2.86 bits per heavy atom. The minimum atomic E-state index is 0.193. The van der Waals surface area contributed by atoms with E-state index < -0.39 is 0 Å². The van der Waals surface area contributed by atoms with Gasteiger partial charge in [-0.25, -0.2) is 0 Å². The molecule has 0 saturated heterocycles. The summed E-state index contributed by atoms with van der Waals surface area (Å²) in [5, 5.41) is 2.09. The third-order valence-electron chi connectivity index (χ3n) is 4.21. The van der Waals surface area contributed by atoms with Crippen LogP contribution in [-0.4, -0.2) is 23.6 Å². The topological polar surface area (TPSA) is 20.3 Å². The average Bonchev–Trinajstić information content (AvgIpc) is 3.13. The number of carbonyl (C=O) groups is 1. The highest BCUT2D eigenvalue weighted by Gasteiger charge is 2.14. The van der Waals surface area contributed by atoms with Crippen molar-refractivity contribution < 1.29 is 4.79 Å². The molecule has 1 aliphatic rings. The van der Waals surface area contributed by atoms with E-state index >= 15 is 0 Å². The molecule has 0 saturated carbocycles. The Bertz CT molecular complexity index is 677. The summed E-state index contributed by atoms with van der Waals surface area (Å²) in [5.41, 5.74) is 4.23. The third-order valence-corrected chi connectivity index (χ3v) is 6.19. The third kappa shape index (κ3) is 3.55. The van der Waals surface area contributed by atoms with Crippen LogP contribution in [-0.2, 0) is 24.2 Å². The highest BCUT2D eigenvalue weighted by atomic mass is 32.2. The van der Waals surface area contributed by atoms with Gasteiger partial charge in [0.15, 0.2) is 0 Å². The van der Waals surface area contributed by atoms with E-state index in [4.69, 9.17) is 0 Å². The van der Waals surface area contributed by atoms with Crippen molar-refractivity contribution in [1.82, 2.24) is 4.90 Å². The molecule has 0 N–H and O–H groups in total. The van der Waals surface area contributed by atoms with Crippen LogP contribution in [0.1, 0.15) is 28.0 Å². The van der Waals surface area contributed by atoms with E-state index in [1.807, 2.05) is 11.9 Å². The Hall–Kier alpha value is -1.26. The number of carbonyl (C=O) groups excluding carboxylic acids is 1. The maximum Gasteiger partial charge on any atom is 0.233 e. The Balaban J connectivity index is 1.54. The van der Waals surface area contributed by atoms with Crippen LogP contribution in [0.5, 0.6) is 0 Å². The smallest absolute Gasteiger partial charge is 0.233 e. The van der Waals surface area contributed by atoms with Gasteiger partial charge < -0.3 is 4.90 Å². The molecule has 116 valence electrons. The summed E-state index contributed by atoms with van der Waals surface area (Å²) in [6.45, 7) is 2.82. The summed E-state index contributed by atoms with van der Waals surface area (Å²) in [6, 6.07) is 8.76. The fourth-order valence-corrected chi connectivity index (χ4v) is 4.62. The lowest BCUT2D eigenvalue weighted by atomic mass is 10.1. The Morgan fingerprint density at radius 1 is 1.27 bits per heavy atom. The Morgan fingerprint density at radius 2 is 2.09 bits per heavy atom. The predicted molar refractivity (Wildman–Crippen MR) is 94.7 cm³/mol. The quantitative estimate of drug-likeness (QED) is 0.762. The van der Waals surface area contributed by atoms with Gasteiger partial charge in [-0.15, -0.1) is 23.1 Å². The van der Waals surface area contributed by atoms with Crippen molar-refractivity contribution in [1.29, 1.82) is 0 Å². The maximum atomic E-state index is 12.3. The molecule has 1 aromatic carbocycles. The normalized spacial score (nSPS) is 13.2.